The van der Waals surface area contributed by atoms with E-state index in [0.29, 0.717) is 32.3 Å². The van der Waals surface area contributed by atoms with Crippen LogP contribution >= 0.6 is 0 Å². The first-order valence-electron chi connectivity index (χ1n) is 8.22. The third-order valence-corrected chi connectivity index (χ3v) is 4.56. The predicted octanol–water partition coefficient (Wildman–Crippen LogP) is 1.10. The maximum absolute atomic E-state index is 6.13. The van der Waals surface area contributed by atoms with Crippen molar-refractivity contribution < 1.29 is 14.2 Å². The van der Waals surface area contributed by atoms with Gasteiger partial charge < -0.3 is 24.8 Å². The molecular weight excluding hydrogens is 270 g/mol. The normalized spacial score (nSPS) is 30.6. The molecule has 0 aromatic carbocycles. The van der Waals surface area contributed by atoms with Gasteiger partial charge in [0.05, 0.1) is 26.4 Å². The van der Waals surface area contributed by atoms with E-state index in [-0.39, 0.29) is 6.10 Å². The zero-order valence-corrected chi connectivity index (χ0v) is 12.8. The van der Waals surface area contributed by atoms with Crippen LogP contribution in [-0.4, -0.2) is 62.2 Å². The second kappa shape index (κ2) is 6.94. The maximum Gasteiger partial charge on any atom is 0.191 e. The van der Waals surface area contributed by atoms with Crippen LogP contribution in [0.25, 0.3) is 0 Å². The Balaban J connectivity index is 1.49. The molecule has 1 atom stereocenters. The van der Waals surface area contributed by atoms with Crippen LogP contribution in [0.1, 0.15) is 38.5 Å². The first-order valence-corrected chi connectivity index (χ1v) is 8.22. The number of nitrogens with two attached hydrogens (primary N) is 1. The highest BCUT2D eigenvalue weighted by atomic mass is 16.7. The average molecular weight is 297 g/mol. The van der Waals surface area contributed by atoms with Crippen molar-refractivity contribution in [2.75, 3.05) is 39.5 Å². The van der Waals surface area contributed by atoms with E-state index in [1.54, 1.807) is 0 Å². The van der Waals surface area contributed by atoms with Gasteiger partial charge in [-0.15, -0.1) is 0 Å². The quantitative estimate of drug-likeness (QED) is 0.610. The van der Waals surface area contributed by atoms with Gasteiger partial charge in [0.25, 0.3) is 0 Å². The lowest BCUT2D eigenvalue weighted by molar-refractivity contribution is -0.210. The highest BCUT2D eigenvalue weighted by molar-refractivity contribution is 5.78. The summed E-state index contributed by atoms with van der Waals surface area (Å²) in [6, 6.07) is 0. The first-order chi connectivity index (χ1) is 10.3. The molecule has 6 nitrogen and oxygen atoms in total. The fourth-order valence-electron chi connectivity index (χ4n) is 3.25. The number of guanidine groups is 1. The molecule has 21 heavy (non-hydrogen) atoms. The lowest BCUT2D eigenvalue weighted by Gasteiger charge is -2.31. The molecule has 0 saturated carbocycles. The van der Waals surface area contributed by atoms with E-state index < -0.39 is 5.79 Å². The molecule has 3 fully saturated rings. The number of likely N-dealkylation sites (tertiary alicyclic amines) is 1. The Morgan fingerprint density at radius 1 is 1.14 bits per heavy atom. The summed E-state index contributed by atoms with van der Waals surface area (Å²) in [6.45, 7) is 4.68. The monoisotopic (exact) mass is 297 g/mol. The minimum Gasteiger partial charge on any atom is -0.381 e. The number of rotatable bonds is 2. The molecule has 120 valence electrons. The van der Waals surface area contributed by atoms with Crippen LogP contribution in [0.3, 0.4) is 0 Å². The van der Waals surface area contributed by atoms with E-state index in [9.17, 15) is 0 Å². The zero-order chi connectivity index (χ0) is 14.5. The molecule has 0 radical (unpaired) electrons. The van der Waals surface area contributed by atoms with Gasteiger partial charge in [-0.1, -0.05) is 12.8 Å². The third kappa shape index (κ3) is 3.87. The fourth-order valence-corrected chi connectivity index (χ4v) is 3.25. The minimum absolute atomic E-state index is 0.0219. The zero-order valence-electron chi connectivity index (χ0n) is 12.8. The van der Waals surface area contributed by atoms with Gasteiger partial charge in [-0.05, 0) is 12.8 Å². The average Bonchev–Trinajstić information content (AvgIpc) is 2.74. The first kappa shape index (κ1) is 15.1. The summed E-state index contributed by atoms with van der Waals surface area (Å²) in [7, 11) is 0. The van der Waals surface area contributed by atoms with E-state index >= 15 is 0 Å². The molecule has 3 aliphatic rings. The van der Waals surface area contributed by atoms with Crippen molar-refractivity contribution in [3.63, 3.8) is 0 Å². The molecule has 0 aromatic heterocycles. The van der Waals surface area contributed by atoms with Crippen molar-refractivity contribution in [2.24, 2.45) is 10.7 Å². The van der Waals surface area contributed by atoms with Crippen molar-refractivity contribution in [1.29, 1.82) is 0 Å². The Kier molecular flexibility index (Phi) is 4.98. The van der Waals surface area contributed by atoms with Crippen LogP contribution in [0.4, 0.5) is 0 Å². The Labute approximate surface area is 126 Å². The lowest BCUT2D eigenvalue weighted by Crippen LogP contribution is -2.39. The summed E-state index contributed by atoms with van der Waals surface area (Å²) in [5.41, 5.74) is 6.13. The van der Waals surface area contributed by atoms with Crippen LogP contribution in [0, 0.1) is 0 Å². The Hall–Kier alpha value is -0.850. The second-order valence-corrected chi connectivity index (χ2v) is 6.17. The molecule has 0 bridgehead atoms. The van der Waals surface area contributed by atoms with Gasteiger partial charge >= 0.3 is 0 Å². The van der Waals surface area contributed by atoms with Crippen molar-refractivity contribution in [3.8, 4) is 0 Å². The van der Waals surface area contributed by atoms with Gasteiger partial charge in [0.15, 0.2) is 11.7 Å². The summed E-state index contributed by atoms with van der Waals surface area (Å²) < 4.78 is 17.3. The predicted molar refractivity (Wildman–Crippen MR) is 80.1 cm³/mol. The largest absolute Gasteiger partial charge is 0.381 e. The van der Waals surface area contributed by atoms with E-state index in [0.717, 1.165) is 25.9 Å². The molecule has 3 aliphatic heterocycles. The Bertz CT molecular complexity index is 361. The fraction of sp³-hybridized carbons (Fsp3) is 0.933. The molecule has 2 N–H and O–H groups in total. The van der Waals surface area contributed by atoms with Gasteiger partial charge in [0.2, 0.25) is 0 Å². The molecule has 1 unspecified atom stereocenters. The second-order valence-electron chi connectivity index (χ2n) is 6.17. The topological polar surface area (TPSA) is 69.3 Å². The Morgan fingerprint density at radius 2 is 1.86 bits per heavy atom. The number of hydrogen-bond acceptors (Lipinski definition) is 4. The molecule has 3 rings (SSSR count). The number of aliphatic imine (C=N–C) groups is 1. The van der Waals surface area contributed by atoms with Crippen LogP contribution < -0.4 is 5.73 Å². The Morgan fingerprint density at radius 3 is 2.57 bits per heavy atom. The van der Waals surface area contributed by atoms with E-state index in [1.165, 1.54) is 25.7 Å². The molecular formula is C15H27N3O3. The highest BCUT2D eigenvalue weighted by Gasteiger charge is 2.42. The smallest absolute Gasteiger partial charge is 0.191 e. The van der Waals surface area contributed by atoms with Gasteiger partial charge in [0, 0.05) is 25.9 Å². The highest BCUT2D eigenvalue weighted by Crippen LogP contribution is 2.33. The number of hydrogen-bond donors (Lipinski definition) is 1. The van der Waals surface area contributed by atoms with E-state index in [2.05, 4.69) is 9.89 Å². The lowest BCUT2D eigenvalue weighted by atomic mass is 10.1. The van der Waals surface area contributed by atoms with E-state index in [1.807, 2.05) is 0 Å². The van der Waals surface area contributed by atoms with E-state index in [4.69, 9.17) is 19.9 Å². The summed E-state index contributed by atoms with van der Waals surface area (Å²) >= 11 is 0. The molecule has 0 aromatic rings. The summed E-state index contributed by atoms with van der Waals surface area (Å²) in [5.74, 6) is 0.240. The summed E-state index contributed by atoms with van der Waals surface area (Å²) in [4.78, 5) is 6.74. The third-order valence-electron chi connectivity index (χ3n) is 4.56. The molecule has 0 aliphatic carbocycles. The van der Waals surface area contributed by atoms with Crippen LogP contribution in [-0.2, 0) is 14.2 Å². The molecule has 3 saturated heterocycles. The van der Waals surface area contributed by atoms with Gasteiger partial charge in [-0.25, -0.2) is 0 Å². The van der Waals surface area contributed by atoms with Crippen molar-refractivity contribution >= 4 is 5.96 Å². The van der Waals surface area contributed by atoms with Gasteiger partial charge in [0.1, 0.15) is 6.10 Å². The molecule has 0 amide bonds. The summed E-state index contributed by atoms with van der Waals surface area (Å²) in [6.07, 6.45) is 6.67. The van der Waals surface area contributed by atoms with Crippen molar-refractivity contribution in [2.45, 2.75) is 50.4 Å². The summed E-state index contributed by atoms with van der Waals surface area (Å²) in [5, 5.41) is 0. The SMILES string of the molecule is NC(=NCC1COC2(CCOCC2)O1)N1CCCCCC1. The van der Waals surface area contributed by atoms with Crippen molar-refractivity contribution in [3.05, 3.63) is 0 Å². The minimum atomic E-state index is -0.421. The van der Waals surface area contributed by atoms with Crippen LogP contribution in [0.2, 0.25) is 0 Å². The number of nitrogens with zero attached hydrogens (tertiary/aromatic N) is 2. The number of ether oxygens (including phenoxy) is 3. The van der Waals surface area contributed by atoms with Gasteiger partial charge in [-0.3, -0.25) is 4.99 Å². The maximum atomic E-state index is 6.13. The van der Waals surface area contributed by atoms with Gasteiger partial charge in [-0.2, -0.15) is 0 Å². The molecule has 1 spiro atoms. The molecule has 3 heterocycles. The molecule has 6 heteroatoms. The van der Waals surface area contributed by atoms with Crippen molar-refractivity contribution in [1.82, 2.24) is 4.90 Å². The van der Waals surface area contributed by atoms with Crippen LogP contribution in [0.15, 0.2) is 4.99 Å². The van der Waals surface area contributed by atoms with Crippen LogP contribution in [0.5, 0.6) is 0 Å². The standard InChI is InChI=1S/C15H27N3O3/c16-14(18-7-3-1-2-4-8-18)17-11-13-12-20-15(21-13)5-9-19-10-6-15/h13H,1-12H2,(H2,16,17).